The molecule has 0 aliphatic heterocycles. The molecule has 0 heterocycles. The normalized spacial score (nSPS) is 10.1. The average molecular weight is 312 g/mol. The van der Waals surface area contributed by atoms with Gasteiger partial charge in [0.05, 0.1) is 0 Å². The van der Waals surface area contributed by atoms with E-state index in [0.29, 0.717) is 10.7 Å². The minimum absolute atomic E-state index is 0.200. The minimum atomic E-state index is -0.200. The average Bonchev–Trinajstić information content (AvgIpc) is 2.47. The minimum Gasteiger partial charge on any atom is -0.332 e. The van der Waals surface area contributed by atoms with Crippen LogP contribution in [0.1, 0.15) is 34.0 Å². The summed E-state index contributed by atoms with van der Waals surface area (Å²) in [6.45, 7) is 6.04. The molecule has 114 valence electrons. The summed E-state index contributed by atoms with van der Waals surface area (Å²) in [5, 5.41) is 6.03. The molecule has 0 saturated heterocycles. The molecule has 3 nitrogen and oxygen atoms in total. The lowest BCUT2D eigenvalue weighted by molar-refractivity contribution is 0.0977. The number of carbonyl (C=O) groups excluding carboxylic acids is 1. The van der Waals surface area contributed by atoms with Crippen LogP contribution in [0.25, 0.3) is 0 Å². The van der Waals surface area contributed by atoms with Gasteiger partial charge in [-0.3, -0.25) is 10.1 Å². The number of hydrogen-bond donors (Lipinski definition) is 2. The van der Waals surface area contributed by atoms with Crippen molar-refractivity contribution in [3.05, 3.63) is 64.7 Å². The number of aryl methyl sites for hydroxylation is 3. The van der Waals surface area contributed by atoms with Gasteiger partial charge in [-0.25, -0.2) is 0 Å². The summed E-state index contributed by atoms with van der Waals surface area (Å²) in [5.41, 5.74) is 4.85. The lowest BCUT2D eigenvalue weighted by Crippen LogP contribution is -2.34. The van der Waals surface area contributed by atoms with Crippen LogP contribution in [0, 0.1) is 13.8 Å². The molecule has 2 rings (SSSR count). The summed E-state index contributed by atoms with van der Waals surface area (Å²) in [5.74, 6) is -0.200. The maximum Gasteiger partial charge on any atom is 0.257 e. The van der Waals surface area contributed by atoms with Gasteiger partial charge in [-0.1, -0.05) is 36.2 Å². The Labute approximate surface area is 136 Å². The van der Waals surface area contributed by atoms with E-state index in [1.807, 2.05) is 56.3 Å². The van der Waals surface area contributed by atoms with Crippen molar-refractivity contribution in [1.29, 1.82) is 0 Å². The molecule has 2 aromatic carbocycles. The van der Waals surface area contributed by atoms with E-state index in [1.165, 1.54) is 5.56 Å². The summed E-state index contributed by atoms with van der Waals surface area (Å²) in [4.78, 5) is 12.2. The Kier molecular flexibility index (Phi) is 5.28. The van der Waals surface area contributed by atoms with Gasteiger partial charge in [-0.2, -0.15) is 0 Å². The van der Waals surface area contributed by atoms with Crippen LogP contribution in [0.15, 0.2) is 42.5 Å². The van der Waals surface area contributed by atoms with E-state index in [1.54, 1.807) is 0 Å². The van der Waals surface area contributed by atoms with E-state index >= 15 is 0 Å². The van der Waals surface area contributed by atoms with E-state index in [-0.39, 0.29) is 5.91 Å². The fourth-order valence-electron chi connectivity index (χ4n) is 2.27. The Balaban J connectivity index is 2.00. The predicted octanol–water partition coefficient (Wildman–Crippen LogP) is 3.99. The molecule has 22 heavy (non-hydrogen) atoms. The molecule has 0 spiro atoms. The third kappa shape index (κ3) is 4.40. The number of nitrogens with one attached hydrogen (secondary N) is 2. The SMILES string of the molecule is CCc1ccc(NC(=S)NC(=O)c2cc(C)cc(C)c2)cc1. The van der Waals surface area contributed by atoms with Gasteiger partial charge >= 0.3 is 0 Å². The zero-order valence-corrected chi connectivity index (χ0v) is 13.9. The molecule has 0 saturated carbocycles. The van der Waals surface area contributed by atoms with Gasteiger partial charge in [0, 0.05) is 11.3 Å². The molecule has 0 aliphatic rings. The van der Waals surface area contributed by atoms with Crippen LogP contribution in [-0.4, -0.2) is 11.0 Å². The van der Waals surface area contributed by atoms with Crippen LogP contribution < -0.4 is 10.6 Å². The van der Waals surface area contributed by atoms with Crippen LogP contribution >= 0.6 is 12.2 Å². The second kappa shape index (κ2) is 7.18. The second-order valence-corrected chi connectivity index (χ2v) is 5.74. The molecule has 0 aromatic heterocycles. The van der Waals surface area contributed by atoms with Gasteiger partial charge in [0.25, 0.3) is 5.91 Å². The number of hydrogen-bond acceptors (Lipinski definition) is 2. The Hall–Kier alpha value is -2.20. The first kappa shape index (κ1) is 16.2. The van der Waals surface area contributed by atoms with Crippen molar-refractivity contribution in [2.24, 2.45) is 0 Å². The van der Waals surface area contributed by atoms with Crippen molar-refractivity contribution < 1.29 is 4.79 Å². The molecule has 0 atom stereocenters. The third-order valence-corrected chi connectivity index (χ3v) is 3.54. The molecule has 1 amide bonds. The molecular formula is C18H20N2OS. The van der Waals surface area contributed by atoms with Crippen molar-refractivity contribution in [1.82, 2.24) is 5.32 Å². The molecule has 0 unspecified atom stereocenters. The number of rotatable bonds is 3. The van der Waals surface area contributed by atoms with Gasteiger partial charge in [0.2, 0.25) is 0 Å². The summed E-state index contributed by atoms with van der Waals surface area (Å²) in [6, 6.07) is 13.7. The quantitative estimate of drug-likeness (QED) is 0.842. The molecule has 0 radical (unpaired) electrons. The Morgan fingerprint density at radius 1 is 1.05 bits per heavy atom. The number of thiocarbonyl (C=S) groups is 1. The summed E-state index contributed by atoms with van der Waals surface area (Å²) in [7, 11) is 0. The maximum absolute atomic E-state index is 12.2. The Morgan fingerprint density at radius 3 is 2.18 bits per heavy atom. The van der Waals surface area contributed by atoms with E-state index in [4.69, 9.17) is 12.2 Å². The van der Waals surface area contributed by atoms with Crippen LogP contribution in [0.3, 0.4) is 0 Å². The number of carbonyl (C=O) groups is 1. The van der Waals surface area contributed by atoms with Gasteiger partial charge in [0.1, 0.15) is 0 Å². The standard InChI is InChI=1S/C18H20N2OS/c1-4-14-5-7-16(8-6-14)19-18(22)20-17(21)15-10-12(2)9-13(3)11-15/h5-11H,4H2,1-3H3,(H2,19,20,21,22). The van der Waals surface area contributed by atoms with Gasteiger partial charge < -0.3 is 5.32 Å². The molecule has 0 fully saturated rings. The monoisotopic (exact) mass is 312 g/mol. The zero-order chi connectivity index (χ0) is 16.1. The lowest BCUT2D eigenvalue weighted by Gasteiger charge is -2.11. The molecular weight excluding hydrogens is 292 g/mol. The van der Waals surface area contributed by atoms with E-state index in [0.717, 1.165) is 23.2 Å². The molecule has 2 aromatic rings. The van der Waals surface area contributed by atoms with Crippen molar-refractivity contribution in [2.45, 2.75) is 27.2 Å². The van der Waals surface area contributed by atoms with Crippen LogP contribution in [0.5, 0.6) is 0 Å². The lowest BCUT2D eigenvalue weighted by atomic mass is 10.1. The maximum atomic E-state index is 12.2. The number of anilines is 1. The van der Waals surface area contributed by atoms with Crippen molar-refractivity contribution in [3.63, 3.8) is 0 Å². The largest absolute Gasteiger partial charge is 0.332 e. The number of amides is 1. The van der Waals surface area contributed by atoms with Crippen LogP contribution in [-0.2, 0) is 6.42 Å². The van der Waals surface area contributed by atoms with Gasteiger partial charge in [-0.15, -0.1) is 0 Å². The van der Waals surface area contributed by atoms with Crippen molar-refractivity contribution >= 4 is 28.9 Å². The topological polar surface area (TPSA) is 41.1 Å². The van der Waals surface area contributed by atoms with Crippen molar-refractivity contribution in [3.8, 4) is 0 Å². The van der Waals surface area contributed by atoms with Gasteiger partial charge in [-0.05, 0) is 62.3 Å². The van der Waals surface area contributed by atoms with Crippen LogP contribution in [0.4, 0.5) is 5.69 Å². The Bertz CT molecular complexity index is 672. The molecule has 0 bridgehead atoms. The highest BCUT2D eigenvalue weighted by atomic mass is 32.1. The van der Waals surface area contributed by atoms with E-state index in [9.17, 15) is 4.79 Å². The molecule has 4 heteroatoms. The highest BCUT2D eigenvalue weighted by molar-refractivity contribution is 7.80. The first-order valence-electron chi connectivity index (χ1n) is 7.27. The predicted molar refractivity (Wildman–Crippen MR) is 95.4 cm³/mol. The molecule has 0 aliphatic carbocycles. The first-order chi connectivity index (χ1) is 10.5. The van der Waals surface area contributed by atoms with Gasteiger partial charge in [0.15, 0.2) is 5.11 Å². The molecule has 2 N–H and O–H groups in total. The van der Waals surface area contributed by atoms with Crippen molar-refractivity contribution in [2.75, 3.05) is 5.32 Å². The number of benzene rings is 2. The smallest absolute Gasteiger partial charge is 0.257 e. The summed E-state index contributed by atoms with van der Waals surface area (Å²) >= 11 is 5.20. The fourth-order valence-corrected chi connectivity index (χ4v) is 2.48. The summed E-state index contributed by atoms with van der Waals surface area (Å²) in [6.07, 6.45) is 0.994. The summed E-state index contributed by atoms with van der Waals surface area (Å²) < 4.78 is 0. The van der Waals surface area contributed by atoms with E-state index < -0.39 is 0 Å². The highest BCUT2D eigenvalue weighted by Crippen LogP contribution is 2.11. The van der Waals surface area contributed by atoms with E-state index in [2.05, 4.69) is 17.6 Å². The fraction of sp³-hybridized carbons (Fsp3) is 0.222. The highest BCUT2D eigenvalue weighted by Gasteiger charge is 2.09. The Morgan fingerprint density at radius 2 is 1.64 bits per heavy atom. The first-order valence-corrected chi connectivity index (χ1v) is 7.68. The van der Waals surface area contributed by atoms with Crippen LogP contribution in [0.2, 0.25) is 0 Å². The zero-order valence-electron chi connectivity index (χ0n) is 13.1. The third-order valence-electron chi connectivity index (χ3n) is 3.33. The second-order valence-electron chi connectivity index (χ2n) is 5.34.